The fraction of sp³-hybridized carbons (Fsp3) is 0.613. The number of hydrogen-bond acceptors (Lipinski definition) is 1. The van der Waals surface area contributed by atoms with Gasteiger partial charge < -0.3 is 5.73 Å². The maximum Gasteiger partial charge on any atom is 0.0259 e. The molecule has 2 N–H and O–H groups in total. The average Bonchev–Trinajstić information content (AvgIpc) is 2.69. The molecule has 0 radical (unpaired) electrons. The van der Waals surface area contributed by atoms with Gasteiger partial charge in [-0.15, -0.1) is 12.4 Å². The number of nitrogens with two attached hydrogens (primary N) is 1. The van der Waals surface area contributed by atoms with Gasteiger partial charge in [0.15, 0.2) is 0 Å². The third-order valence-corrected chi connectivity index (χ3v) is 5.84. The first-order chi connectivity index (χ1) is 14.9. The van der Waals surface area contributed by atoms with E-state index in [-0.39, 0.29) is 17.9 Å². The van der Waals surface area contributed by atoms with Crippen LogP contribution in [0.4, 0.5) is 0 Å². The third kappa shape index (κ3) is 21.0. The minimum atomic E-state index is -0.215. The molecule has 0 aliphatic carbocycles. The molecule has 0 bridgehead atoms. The molecule has 0 aliphatic rings. The predicted octanol–water partition coefficient (Wildman–Crippen LogP) is 10.4. The van der Waals surface area contributed by atoms with Crippen molar-refractivity contribution >= 4 is 12.4 Å². The summed E-state index contributed by atoms with van der Waals surface area (Å²) in [5, 5.41) is 0. The standard InChI is InChI=1S/C31H53N.ClH/c1-25(2)13-10-16-28(7)19-22-31(32,23-20-29(8)17-11-14-26(3)4)24-21-30(9)18-12-15-27(5)6;/h13-15,19-21H,10-12,16-18,22-24,32H2,1-9H3;1H/b28-19-,29-20-,30-21-;. The predicted molar refractivity (Wildman–Crippen MR) is 155 cm³/mol. The lowest BCUT2D eigenvalue weighted by Crippen LogP contribution is -2.38. The van der Waals surface area contributed by atoms with Crippen molar-refractivity contribution in [2.75, 3.05) is 0 Å². The summed E-state index contributed by atoms with van der Waals surface area (Å²) in [6.45, 7) is 19.8. The van der Waals surface area contributed by atoms with Crippen molar-refractivity contribution in [2.45, 2.75) is 126 Å². The summed E-state index contributed by atoms with van der Waals surface area (Å²) >= 11 is 0. The van der Waals surface area contributed by atoms with Crippen LogP contribution in [0.5, 0.6) is 0 Å². The molecule has 190 valence electrons. The summed E-state index contributed by atoms with van der Waals surface area (Å²) in [6, 6.07) is 0. The first-order valence-electron chi connectivity index (χ1n) is 12.6. The zero-order chi connectivity index (χ0) is 24.6. The molecule has 0 aliphatic heterocycles. The molecule has 33 heavy (non-hydrogen) atoms. The van der Waals surface area contributed by atoms with Crippen LogP contribution in [-0.2, 0) is 0 Å². The Morgan fingerprint density at radius 2 is 0.727 bits per heavy atom. The summed E-state index contributed by atoms with van der Waals surface area (Å²) in [5.41, 5.74) is 15.3. The van der Waals surface area contributed by atoms with Crippen LogP contribution < -0.4 is 5.73 Å². The second-order valence-electron chi connectivity index (χ2n) is 10.6. The highest BCUT2D eigenvalue weighted by Gasteiger charge is 2.21. The highest BCUT2D eigenvalue weighted by atomic mass is 35.5. The van der Waals surface area contributed by atoms with Gasteiger partial charge in [-0.1, -0.05) is 69.9 Å². The topological polar surface area (TPSA) is 26.0 Å². The Morgan fingerprint density at radius 1 is 0.485 bits per heavy atom. The molecule has 0 unspecified atom stereocenters. The van der Waals surface area contributed by atoms with Crippen LogP contribution in [0, 0.1) is 0 Å². The zero-order valence-corrected chi connectivity index (χ0v) is 24.1. The Bertz CT molecular complexity index is 618. The molecule has 0 aromatic heterocycles. The van der Waals surface area contributed by atoms with E-state index in [2.05, 4.69) is 98.8 Å². The fourth-order valence-corrected chi connectivity index (χ4v) is 3.45. The first kappa shape index (κ1) is 33.9. The van der Waals surface area contributed by atoms with Crippen molar-refractivity contribution in [3.05, 3.63) is 69.9 Å². The SMILES string of the molecule is CC(C)=CCC/C(C)=C\CC(N)(C/C=C(/C)CCC=C(C)C)C/C=C(/C)CCC=C(C)C.Cl. The highest BCUT2D eigenvalue weighted by molar-refractivity contribution is 5.85. The molecule has 1 nitrogen and oxygen atoms in total. The average molecular weight is 476 g/mol. The van der Waals surface area contributed by atoms with Gasteiger partial charge in [0.2, 0.25) is 0 Å². The maximum atomic E-state index is 7.00. The van der Waals surface area contributed by atoms with E-state index in [1.54, 1.807) is 0 Å². The number of hydrogen-bond donors (Lipinski definition) is 1. The quantitative estimate of drug-likeness (QED) is 0.234. The fourth-order valence-electron chi connectivity index (χ4n) is 3.45. The highest BCUT2D eigenvalue weighted by Crippen LogP contribution is 2.24. The number of allylic oxidation sites excluding steroid dienone is 9. The lowest BCUT2D eigenvalue weighted by atomic mass is 9.85. The largest absolute Gasteiger partial charge is 0.324 e. The summed E-state index contributed by atoms with van der Waals surface area (Å²) in [6.07, 6.45) is 23.7. The van der Waals surface area contributed by atoms with E-state index in [4.69, 9.17) is 5.73 Å². The normalized spacial score (nSPS) is 12.7. The molecular weight excluding hydrogens is 422 g/mol. The van der Waals surface area contributed by atoms with Gasteiger partial charge in [-0.3, -0.25) is 0 Å². The van der Waals surface area contributed by atoms with E-state index in [1.165, 1.54) is 33.4 Å². The minimum Gasteiger partial charge on any atom is -0.324 e. The number of halogens is 1. The Morgan fingerprint density at radius 3 is 0.939 bits per heavy atom. The van der Waals surface area contributed by atoms with E-state index in [1.807, 2.05) is 0 Å². The van der Waals surface area contributed by atoms with Crippen LogP contribution in [-0.4, -0.2) is 5.54 Å². The van der Waals surface area contributed by atoms with E-state index in [9.17, 15) is 0 Å². The third-order valence-electron chi connectivity index (χ3n) is 5.84. The minimum absolute atomic E-state index is 0. The molecule has 0 rings (SSSR count). The molecule has 0 fully saturated rings. The van der Waals surface area contributed by atoms with Gasteiger partial charge in [-0.25, -0.2) is 0 Å². The maximum absolute atomic E-state index is 7.00. The van der Waals surface area contributed by atoms with Gasteiger partial charge in [-0.2, -0.15) is 0 Å². The van der Waals surface area contributed by atoms with Crippen LogP contribution in [0.15, 0.2) is 69.9 Å². The van der Waals surface area contributed by atoms with Crippen LogP contribution in [0.1, 0.15) is 120 Å². The molecule has 2 heteroatoms. The smallest absolute Gasteiger partial charge is 0.0259 e. The van der Waals surface area contributed by atoms with Gasteiger partial charge in [0.1, 0.15) is 0 Å². The van der Waals surface area contributed by atoms with Gasteiger partial charge >= 0.3 is 0 Å². The van der Waals surface area contributed by atoms with E-state index >= 15 is 0 Å². The van der Waals surface area contributed by atoms with Gasteiger partial charge in [0, 0.05) is 5.54 Å². The van der Waals surface area contributed by atoms with Crippen LogP contribution in [0.3, 0.4) is 0 Å². The zero-order valence-electron chi connectivity index (χ0n) is 23.3. The van der Waals surface area contributed by atoms with E-state index in [0.717, 1.165) is 57.8 Å². The van der Waals surface area contributed by atoms with Crippen LogP contribution in [0.2, 0.25) is 0 Å². The van der Waals surface area contributed by atoms with Gasteiger partial charge in [0.25, 0.3) is 0 Å². The van der Waals surface area contributed by atoms with Crippen molar-refractivity contribution in [3.8, 4) is 0 Å². The van der Waals surface area contributed by atoms with Crippen molar-refractivity contribution in [1.29, 1.82) is 0 Å². The molecular formula is C31H54ClN. The Kier molecular flexibility index (Phi) is 19.5. The summed E-state index contributed by atoms with van der Waals surface area (Å²) in [7, 11) is 0. The molecule has 0 heterocycles. The second-order valence-corrected chi connectivity index (χ2v) is 10.6. The summed E-state index contributed by atoms with van der Waals surface area (Å²) in [4.78, 5) is 0. The van der Waals surface area contributed by atoms with E-state index < -0.39 is 0 Å². The molecule has 0 aromatic rings. The van der Waals surface area contributed by atoms with Gasteiger partial charge in [-0.05, 0) is 120 Å². The molecule has 0 aromatic carbocycles. The van der Waals surface area contributed by atoms with E-state index in [0.29, 0.717) is 0 Å². The second kappa shape index (κ2) is 19.0. The van der Waals surface area contributed by atoms with Gasteiger partial charge in [0.05, 0.1) is 0 Å². The number of rotatable bonds is 15. The Labute approximate surface area is 213 Å². The molecule has 0 saturated carbocycles. The first-order valence-corrected chi connectivity index (χ1v) is 12.6. The molecule has 0 atom stereocenters. The molecule has 0 saturated heterocycles. The molecule has 0 spiro atoms. The van der Waals surface area contributed by atoms with Crippen molar-refractivity contribution in [1.82, 2.24) is 0 Å². The van der Waals surface area contributed by atoms with Crippen molar-refractivity contribution < 1.29 is 0 Å². The lowest BCUT2D eigenvalue weighted by molar-refractivity contribution is 0.435. The molecule has 0 amide bonds. The van der Waals surface area contributed by atoms with Crippen LogP contribution >= 0.6 is 12.4 Å². The van der Waals surface area contributed by atoms with Crippen molar-refractivity contribution in [3.63, 3.8) is 0 Å². The lowest BCUT2D eigenvalue weighted by Gasteiger charge is -2.27. The monoisotopic (exact) mass is 475 g/mol. The van der Waals surface area contributed by atoms with Crippen LogP contribution in [0.25, 0.3) is 0 Å². The van der Waals surface area contributed by atoms with Crippen molar-refractivity contribution in [2.24, 2.45) is 5.73 Å². The Balaban J connectivity index is 0. The summed E-state index contributed by atoms with van der Waals surface area (Å²) < 4.78 is 0. The Hall–Kier alpha value is -1.31. The summed E-state index contributed by atoms with van der Waals surface area (Å²) in [5.74, 6) is 0.